The molecule has 0 atom stereocenters. The predicted molar refractivity (Wildman–Crippen MR) is 103 cm³/mol. The number of carbonyl (C=O) groups excluding carboxylic acids is 1. The van der Waals surface area contributed by atoms with Crippen molar-refractivity contribution in [3.8, 4) is 0 Å². The lowest BCUT2D eigenvalue weighted by Crippen LogP contribution is -2.27. The molecule has 0 radical (unpaired) electrons. The Kier molecular flexibility index (Phi) is 36.1. The first-order valence-electron chi connectivity index (χ1n) is 9.48. The molecule has 0 saturated heterocycles. The number of carbonyl (C=O) groups is 1. The average molecular weight is 367 g/mol. The Morgan fingerprint density at radius 3 is 1.40 bits per heavy atom. The third kappa shape index (κ3) is 35.3. The summed E-state index contributed by atoms with van der Waals surface area (Å²) in [7, 11) is 0. The average Bonchev–Trinajstić information content (AvgIpc) is 2.64. The van der Waals surface area contributed by atoms with Crippen LogP contribution in [-0.4, -0.2) is 78.4 Å². The molecule has 1 amide bonds. The van der Waals surface area contributed by atoms with Gasteiger partial charge in [0.15, 0.2) is 0 Å². The molecule has 25 heavy (non-hydrogen) atoms. The van der Waals surface area contributed by atoms with Gasteiger partial charge in [0, 0.05) is 19.1 Å². The standard InChI is InChI=1S/C14H30N2O5.2C2H6/c1-14(2)16-4-6-19-8-10-21-12-11-20-9-7-18-5-3-15-13-17;2*1-2/h13-14,16H,3-12H2,1-2H3,(H,15,17);2*1-2H3. The van der Waals surface area contributed by atoms with E-state index in [0.717, 1.165) is 6.54 Å². The summed E-state index contributed by atoms with van der Waals surface area (Å²) in [5.41, 5.74) is 0. The predicted octanol–water partition coefficient (Wildman–Crippen LogP) is 1.85. The molecule has 0 bridgehead atoms. The lowest BCUT2D eigenvalue weighted by atomic mass is 10.4. The molecule has 0 spiro atoms. The van der Waals surface area contributed by atoms with E-state index in [1.807, 2.05) is 27.7 Å². The Bertz CT molecular complexity index is 220. The Balaban J connectivity index is -0.00000112. The fraction of sp³-hybridized carbons (Fsp3) is 0.944. The van der Waals surface area contributed by atoms with Gasteiger partial charge >= 0.3 is 0 Å². The molecule has 0 unspecified atom stereocenters. The number of amides is 1. The molecule has 0 aromatic rings. The molecule has 0 saturated carbocycles. The number of rotatable bonds is 17. The Labute approximate surface area is 155 Å². The Morgan fingerprint density at radius 1 is 0.680 bits per heavy atom. The third-order valence-corrected chi connectivity index (χ3v) is 2.39. The highest BCUT2D eigenvalue weighted by Gasteiger charge is 1.94. The van der Waals surface area contributed by atoms with Gasteiger partial charge in [-0.05, 0) is 0 Å². The van der Waals surface area contributed by atoms with Crippen LogP contribution in [0.3, 0.4) is 0 Å². The van der Waals surface area contributed by atoms with Crippen LogP contribution in [-0.2, 0) is 23.7 Å². The van der Waals surface area contributed by atoms with E-state index in [2.05, 4.69) is 24.5 Å². The topological polar surface area (TPSA) is 78.1 Å². The number of hydrogen-bond acceptors (Lipinski definition) is 6. The quantitative estimate of drug-likeness (QED) is 0.302. The zero-order chi connectivity index (χ0) is 19.6. The van der Waals surface area contributed by atoms with Crippen LogP contribution in [0.1, 0.15) is 41.5 Å². The lowest BCUT2D eigenvalue weighted by Gasteiger charge is -2.09. The molecule has 0 fully saturated rings. The van der Waals surface area contributed by atoms with Crippen molar-refractivity contribution in [1.29, 1.82) is 0 Å². The van der Waals surface area contributed by atoms with E-state index in [-0.39, 0.29) is 0 Å². The van der Waals surface area contributed by atoms with Gasteiger partial charge in [0.2, 0.25) is 6.41 Å². The zero-order valence-electron chi connectivity index (χ0n) is 17.3. The maximum absolute atomic E-state index is 9.95. The van der Waals surface area contributed by atoms with Gasteiger partial charge in [0.1, 0.15) is 0 Å². The third-order valence-electron chi connectivity index (χ3n) is 2.39. The molecule has 0 aliphatic carbocycles. The van der Waals surface area contributed by atoms with E-state index in [1.54, 1.807) is 0 Å². The molecule has 0 aromatic heterocycles. The summed E-state index contributed by atoms with van der Waals surface area (Å²) < 4.78 is 21.3. The van der Waals surface area contributed by atoms with Gasteiger partial charge in [-0.25, -0.2) is 0 Å². The van der Waals surface area contributed by atoms with Gasteiger partial charge < -0.3 is 29.6 Å². The molecule has 2 N–H and O–H groups in total. The monoisotopic (exact) mass is 366 g/mol. The highest BCUT2D eigenvalue weighted by atomic mass is 16.6. The van der Waals surface area contributed by atoms with Gasteiger partial charge in [-0.2, -0.15) is 0 Å². The Hall–Kier alpha value is -0.730. The van der Waals surface area contributed by atoms with Crippen LogP contribution in [0.25, 0.3) is 0 Å². The minimum absolute atomic E-state index is 0.493. The molecule has 0 aliphatic heterocycles. The summed E-state index contributed by atoms with van der Waals surface area (Å²) in [6.07, 6.45) is 0.655. The van der Waals surface area contributed by atoms with Crippen LogP contribution in [0.15, 0.2) is 0 Å². The van der Waals surface area contributed by atoms with Crippen molar-refractivity contribution in [2.75, 3.05) is 65.9 Å². The second-order valence-electron chi connectivity index (χ2n) is 4.63. The first kappa shape index (κ1) is 29.0. The smallest absolute Gasteiger partial charge is 0.207 e. The highest BCUT2D eigenvalue weighted by Crippen LogP contribution is 1.83. The van der Waals surface area contributed by atoms with Crippen molar-refractivity contribution in [3.63, 3.8) is 0 Å². The van der Waals surface area contributed by atoms with Crippen LogP contribution >= 0.6 is 0 Å². The van der Waals surface area contributed by atoms with Gasteiger partial charge in [-0.15, -0.1) is 0 Å². The van der Waals surface area contributed by atoms with Crippen molar-refractivity contribution >= 4 is 6.41 Å². The van der Waals surface area contributed by atoms with Crippen LogP contribution in [0, 0.1) is 0 Å². The lowest BCUT2D eigenvalue weighted by molar-refractivity contribution is -0.109. The fourth-order valence-corrected chi connectivity index (χ4v) is 1.37. The molecular formula is C18H42N2O5. The maximum Gasteiger partial charge on any atom is 0.207 e. The number of hydrogen-bond donors (Lipinski definition) is 2. The molecule has 7 heteroatoms. The van der Waals surface area contributed by atoms with E-state index in [0.29, 0.717) is 71.9 Å². The molecule has 154 valence electrons. The van der Waals surface area contributed by atoms with Crippen molar-refractivity contribution in [1.82, 2.24) is 10.6 Å². The summed E-state index contributed by atoms with van der Waals surface area (Å²) in [6, 6.07) is 0.493. The second kappa shape index (κ2) is 31.1. The molecular weight excluding hydrogens is 324 g/mol. The molecule has 0 rings (SSSR count). The van der Waals surface area contributed by atoms with E-state index >= 15 is 0 Å². The Morgan fingerprint density at radius 2 is 1.04 bits per heavy atom. The van der Waals surface area contributed by atoms with E-state index in [9.17, 15) is 4.79 Å². The molecule has 0 aliphatic rings. The van der Waals surface area contributed by atoms with Crippen LogP contribution < -0.4 is 10.6 Å². The summed E-state index contributed by atoms with van der Waals surface area (Å²) in [6.45, 7) is 18.1. The number of ether oxygens (including phenoxy) is 4. The van der Waals surface area contributed by atoms with Crippen LogP contribution in [0.4, 0.5) is 0 Å². The first-order chi connectivity index (χ1) is 12.3. The molecule has 7 nitrogen and oxygen atoms in total. The second-order valence-corrected chi connectivity index (χ2v) is 4.63. The van der Waals surface area contributed by atoms with Crippen molar-refractivity contribution in [3.05, 3.63) is 0 Å². The molecule has 0 heterocycles. The van der Waals surface area contributed by atoms with Crippen molar-refractivity contribution < 1.29 is 23.7 Å². The minimum Gasteiger partial charge on any atom is -0.378 e. The minimum atomic E-state index is 0.493. The summed E-state index contributed by atoms with van der Waals surface area (Å²) >= 11 is 0. The van der Waals surface area contributed by atoms with Gasteiger partial charge in [0.25, 0.3) is 0 Å². The van der Waals surface area contributed by atoms with Gasteiger partial charge in [0.05, 0.1) is 52.9 Å². The zero-order valence-corrected chi connectivity index (χ0v) is 17.3. The van der Waals surface area contributed by atoms with Crippen molar-refractivity contribution in [2.24, 2.45) is 0 Å². The molecule has 0 aromatic carbocycles. The largest absolute Gasteiger partial charge is 0.378 e. The SMILES string of the molecule is CC.CC.CC(C)NCCOCCOCCOCCOCCNC=O. The number of nitrogens with one attached hydrogen (secondary N) is 2. The van der Waals surface area contributed by atoms with E-state index in [4.69, 9.17) is 18.9 Å². The van der Waals surface area contributed by atoms with Gasteiger partial charge in [-0.1, -0.05) is 41.5 Å². The van der Waals surface area contributed by atoms with E-state index in [1.165, 1.54) is 0 Å². The summed E-state index contributed by atoms with van der Waals surface area (Å²) in [5, 5.41) is 5.79. The highest BCUT2D eigenvalue weighted by molar-refractivity contribution is 5.45. The first-order valence-corrected chi connectivity index (χ1v) is 9.48. The summed E-state index contributed by atoms with van der Waals surface area (Å²) in [4.78, 5) is 9.95. The van der Waals surface area contributed by atoms with Gasteiger partial charge in [-0.3, -0.25) is 4.79 Å². The van der Waals surface area contributed by atoms with Crippen molar-refractivity contribution in [2.45, 2.75) is 47.6 Å². The van der Waals surface area contributed by atoms with E-state index < -0.39 is 0 Å². The van der Waals surface area contributed by atoms with Crippen LogP contribution in [0.5, 0.6) is 0 Å². The van der Waals surface area contributed by atoms with Crippen LogP contribution in [0.2, 0.25) is 0 Å². The fourth-order valence-electron chi connectivity index (χ4n) is 1.37. The summed E-state index contributed by atoms with van der Waals surface area (Å²) in [5.74, 6) is 0. The maximum atomic E-state index is 9.95. The normalized spacial score (nSPS) is 9.72.